The SMILES string of the molecule is Nc1nc(F)ccc1[N+](=O)[O-]. The summed E-state index contributed by atoms with van der Waals surface area (Å²) in [5.41, 5.74) is 4.65. The predicted molar refractivity (Wildman–Crippen MR) is 35.3 cm³/mol. The molecule has 1 heterocycles. The molecule has 5 nitrogen and oxygen atoms in total. The van der Waals surface area contributed by atoms with Crippen molar-refractivity contribution in [1.29, 1.82) is 0 Å². The molecule has 0 saturated heterocycles. The smallest absolute Gasteiger partial charge is 0.311 e. The molecule has 0 fully saturated rings. The molecule has 0 aliphatic heterocycles. The van der Waals surface area contributed by atoms with Crippen molar-refractivity contribution < 1.29 is 9.31 Å². The third-order valence-corrected chi connectivity index (χ3v) is 1.07. The lowest BCUT2D eigenvalue weighted by atomic mass is 10.4. The van der Waals surface area contributed by atoms with Crippen LogP contribution in [0.3, 0.4) is 0 Å². The van der Waals surface area contributed by atoms with E-state index in [0.717, 1.165) is 12.1 Å². The first kappa shape index (κ1) is 7.39. The minimum atomic E-state index is -0.826. The second kappa shape index (κ2) is 2.49. The Morgan fingerprint density at radius 3 is 2.73 bits per heavy atom. The average molecular weight is 157 g/mol. The van der Waals surface area contributed by atoms with Crippen LogP contribution in [0.1, 0.15) is 0 Å². The van der Waals surface area contributed by atoms with E-state index in [-0.39, 0.29) is 5.69 Å². The van der Waals surface area contributed by atoms with Crippen molar-refractivity contribution in [2.75, 3.05) is 5.73 Å². The molecule has 1 rings (SSSR count). The molecule has 0 aliphatic rings. The molecule has 6 heteroatoms. The lowest BCUT2D eigenvalue weighted by molar-refractivity contribution is -0.384. The summed E-state index contributed by atoms with van der Waals surface area (Å²) in [4.78, 5) is 12.4. The standard InChI is InChI=1S/C5H4FN3O2/c6-4-2-1-3(9(10)11)5(7)8-4/h1-2H,(H2,7,8). The van der Waals surface area contributed by atoms with E-state index < -0.39 is 16.7 Å². The Bertz CT molecular complexity index is 302. The largest absolute Gasteiger partial charge is 0.378 e. The van der Waals surface area contributed by atoms with Crippen LogP contribution in [0.5, 0.6) is 0 Å². The molecule has 1 aromatic heterocycles. The maximum atomic E-state index is 12.2. The van der Waals surface area contributed by atoms with E-state index >= 15 is 0 Å². The molecule has 1 aromatic rings. The molecule has 0 atom stereocenters. The van der Waals surface area contributed by atoms with Crippen LogP contribution in [-0.2, 0) is 0 Å². The molecule has 0 aliphatic carbocycles. The van der Waals surface area contributed by atoms with Gasteiger partial charge in [-0.1, -0.05) is 0 Å². The summed E-state index contributed by atoms with van der Waals surface area (Å²) >= 11 is 0. The van der Waals surface area contributed by atoms with Crippen LogP contribution in [0, 0.1) is 16.1 Å². The normalized spacial score (nSPS) is 9.55. The van der Waals surface area contributed by atoms with Crippen molar-refractivity contribution in [1.82, 2.24) is 4.98 Å². The Labute approximate surface area is 60.8 Å². The number of nitrogen functional groups attached to an aromatic ring is 1. The fourth-order valence-electron chi connectivity index (χ4n) is 0.597. The molecule has 0 amide bonds. The Balaban J connectivity index is 3.20. The van der Waals surface area contributed by atoms with Gasteiger partial charge < -0.3 is 5.73 Å². The van der Waals surface area contributed by atoms with Crippen LogP contribution in [0.4, 0.5) is 15.9 Å². The zero-order chi connectivity index (χ0) is 8.43. The zero-order valence-corrected chi connectivity index (χ0v) is 5.32. The van der Waals surface area contributed by atoms with Gasteiger partial charge in [-0.15, -0.1) is 0 Å². The van der Waals surface area contributed by atoms with Crippen molar-refractivity contribution in [3.63, 3.8) is 0 Å². The van der Waals surface area contributed by atoms with Crippen molar-refractivity contribution >= 4 is 11.5 Å². The van der Waals surface area contributed by atoms with Crippen LogP contribution in [-0.4, -0.2) is 9.91 Å². The van der Waals surface area contributed by atoms with Gasteiger partial charge in [-0.25, -0.2) is 0 Å². The quantitative estimate of drug-likeness (QED) is 0.369. The Hall–Kier alpha value is -1.72. The van der Waals surface area contributed by atoms with Gasteiger partial charge in [-0.3, -0.25) is 10.1 Å². The zero-order valence-electron chi connectivity index (χ0n) is 5.32. The first-order valence-corrected chi connectivity index (χ1v) is 2.67. The van der Waals surface area contributed by atoms with Gasteiger partial charge in [0.15, 0.2) is 0 Å². The Kier molecular flexibility index (Phi) is 1.67. The predicted octanol–water partition coefficient (Wildman–Crippen LogP) is 0.711. The van der Waals surface area contributed by atoms with Gasteiger partial charge in [-0.2, -0.15) is 9.37 Å². The van der Waals surface area contributed by atoms with Gasteiger partial charge in [0.2, 0.25) is 11.8 Å². The monoisotopic (exact) mass is 157 g/mol. The highest BCUT2D eigenvalue weighted by atomic mass is 19.1. The lowest BCUT2D eigenvalue weighted by Gasteiger charge is -1.93. The van der Waals surface area contributed by atoms with Crippen LogP contribution < -0.4 is 5.73 Å². The van der Waals surface area contributed by atoms with E-state index in [4.69, 9.17) is 5.73 Å². The molecule has 0 radical (unpaired) electrons. The Morgan fingerprint density at radius 1 is 1.64 bits per heavy atom. The topological polar surface area (TPSA) is 82.0 Å². The molecule has 0 bridgehead atoms. The summed E-state index contributed by atoms with van der Waals surface area (Å²) in [5, 5.41) is 10.1. The maximum Gasteiger partial charge on any atom is 0.311 e. The van der Waals surface area contributed by atoms with E-state index in [2.05, 4.69) is 4.98 Å². The number of aromatic nitrogens is 1. The fraction of sp³-hybridized carbons (Fsp3) is 0. The number of nitrogens with two attached hydrogens (primary N) is 1. The number of anilines is 1. The van der Waals surface area contributed by atoms with Crippen molar-refractivity contribution in [3.05, 3.63) is 28.2 Å². The number of nitro groups is 1. The highest BCUT2D eigenvalue weighted by Gasteiger charge is 2.11. The first-order valence-electron chi connectivity index (χ1n) is 2.67. The van der Waals surface area contributed by atoms with Gasteiger partial charge in [0.1, 0.15) is 0 Å². The number of pyridine rings is 1. The van der Waals surface area contributed by atoms with Crippen molar-refractivity contribution in [3.8, 4) is 0 Å². The van der Waals surface area contributed by atoms with Crippen LogP contribution in [0.15, 0.2) is 12.1 Å². The van der Waals surface area contributed by atoms with Gasteiger partial charge in [0.25, 0.3) is 0 Å². The molecular weight excluding hydrogens is 153 g/mol. The summed E-state index contributed by atoms with van der Waals surface area (Å²) in [6, 6.07) is 1.85. The number of hydrogen-bond donors (Lipinski definition) is 1. The molecule has 11 heavy (non-hydrogen) atoms. The highest BCUT2D eigenvalue weighted by molar-refractivity contribution is 5.51. The number of rotatable bonds is 1. The number of hydrogen-bond acceptors (Lipinski definition) is 4. The first-order chi connectivity index (χ1) is 5.11. The van der Waals surface area contributed by atoms with Crippen LogP contribution >= 0.6 is 0 Å². The summed E-state index contributed by atoms with van der Waals surface area (Å²) in [5.74, 6) is -1.23. The van der Waals surface area contributed by atoms with E-state index in [1.54, 1.807) is 0 Å². The van der Waals surface area contributed by atoms with Crippen LogP contribution in [0.25, 0.3) is 0 Å². The number of nitrogens with zero attached hydrogens (tertiary/aromatic N) is 2. The maximum absolute atomic E-state index is 12.2. The van der Waals surface area contributed by atoms with Gasteiger partial charge in [0.05, 0.1) is 4.92 Å². The molecule has 0 spiro atoms. The summed E-state index contributed by atoms with van der Waals surface area (Å²) in [6.07, 6.45) is 0. The van der Waals surface area contributed by atoms with Crippen molar-refractivity contribution in [2.45, 2.75) is 0 Å². The molecular formula is C5H4FN3O2. The molecule has 0 saturated carbocycles. The van der Waals surface area contributed by atoms with Gasteiger partial charge >= 0.3 is 5.69 Å². The minimum Gasteiger partial charge on any atom is -0.378 e. The van der Waals surface area contributed by atoms with E-state index in [1.807, 2.05) is 0 Å². The van der Waals surface area contributed by atoms with Crippen molar-refractivity contribution in [2.24, 2.45) is 0 Å². The van der Waals surface area contributed by atoms with E-state index in [0.29, 0.717) is 0 Å². The van der Waals surface area contributed by atoms with Gasteiger partial charge in [-0.05, 0) is 0 Å². The highest BCUT2D eigenvalue weighted by Crippen LogP contribution is 2.17. The summed E-state index contributed by atoms with van der Waals surface area (Å²) in [7, 11) is 0. The lowest BCUT2D eigenvalue weighted by Crippen LogP contribution is -1.99. The van der Waals surface area contributed by atoms with E-state index in [1.165, 1.54) is 0 Å². The second-order valence-electron chi connectivity index (χ2n) is 1.80. The third kappa shape index (κ3) is 1.40. The number of halogens is 1. The summed E-state index contributed by atoms with van der Waals surface area (Å²) < 4.78 is 12.2. The summed E-state index contributed by atoms with van der Waals surface area (Å²) in [6.45, 7) is 0. The van der Waals surface area contributed by atoms with Gasteiger partial charge in [0, 0.05) is 12.1 Å². The molecule has 0 unspecified atom stereocenters. The Morgan fingerprint density at radius 2 is 2.27 bits per heavy atom. The average Bonchev–Trinajstić information content (AvgIpc) is 1.85. The van der Waals surface area contributed by atoms with Crippen LogP contribution in [0.2, 0.25) is 0 Å². The molecule has 58 valence electrons. The molecule has 0 aromatic carbocycles. The fourth-order valence-corrected chi connectivity index (χ4v) is 0.597. The van der Waals surface area contributed by atoms with E-state index in [9.17, 15) is 14.5 Å². The second-order valence-corrected chi connectivity index (χ2v) is 1.80. The minimum absolute atomic E-state index is 0.383. The third-order valence-electron chi connectivity index (χ3n) is 1.07. The molecule has 2 N–H and O–H groups in total.